The normalized spacial score (nSPS) is 16.4. The molecule has 0 unspecified atom stereocenters. The highest BCUT2D eigenvalue weighted by Gasteiger charge is 2.22. The summed E-state index contributed by atoms with van der Waals surface area (Å²) >= 11 is 0. The van der Waals surface area contributed by atoms with E-state index < -0.39 is 0 Å². The molecular formula is C17H21N3. The van der Waals surface area contributed by atoms with Crippen LogP contribution < -0.4 is 4.90 Å². The number of nitrogens with zero attached hydrogens (tertiary/aromatic N) is 3. The van der Waals surface area contributed by atoms with Gasteiger partial charge in [-0.25, -0.2) is 9.97 Å². The third-order valence-corrected chi connectivity index (χ3v) is 4.02. The first-order chi connectivity index (χ1) is 9.72. The van der Waals surface area contributed by atoms with Crippen molar-refractivity contribution in [3.05, 3.63) is 53.3 Å². The molecule has 3 nitrogen and oxygen atoms in total. The van der Waals surface area contributed by atoms with Crippen molar-refractivity contribution in [2.45, 2.75) is 32.6 Å². The van der Waals surface area contributed by atoms with Crippen LogP contribution in [0.15, 0.2) is 36.4 Å². The average molecular weight is 267 g/mol. The zero-order chi connectivity index (χ0) is 13.9. The van der Waals surface area contributed by atoms with Gasteiger partial charge in [0.1, 0.15) is 0 Å². The van der Waals surface area contributed by atoms with Crippen LogP contribution in [0.5, 0.6) is 0 Å². The fourth-order valence-corrected chi connectivity index (χ4v) is 2.99. The standard InChI is InChI=1S/C17H21N3/c1-13-12-14(2)19-17(18-13)20-10-8-16(9-11-20)15-6-4-3-5-7-15/h3-7,12,16H,8-11H2,1-2H3. The highest BCUT2D eigenvalue weighted by atomic mass is 15.3. The summed E-state index contributed by atoms with van der Waals surface area (Å²) in [4.78, 5) is 11.5. The fourth-order valence-electron chi connectivity index (χ4n) is 2.99. The summed E-state index contributed by atoms with van der Waals surface area (Å²) in [5.41, 5.74) is 3.57. The van der Waals surface area contributed by atoms with Crippen LogP contribution in [0.3, 0.4) is 0 Å². The van der Waals surface area contributed by atoms with Crippen LogP contribution in [-0.2, 0) is 0 Å². The molecule has 1 aromatic carbocycles. The van der Waals surface area contributed by atoms with Crippen LogP contribution in [0.2, 0.25) is 0 Å². The number of benzene rings is 1. The van der Waals surface area contributed by atoms with Gasteiger partial charge in [-0.2, -0.15) is 0 Å². The van der Waals surface area contributed by atoms with Crippen molar-refractivity contribution in [3.8, 4) is 0 Å². The van der Waals surface area contributed by atoms with Gasteiger partial charge in [0.15, 0.2) is 0 Å². The van der Waals surface area contributed by atoms with Crippen LogP contribution in [0.4, 0.5) is 5.95 Å². The second kappa shape index (κ2) is 5.61. The molecule has 104 valence electrons. The lowest BCUT2D eigenvalue weighted by Crippen LogP contribution is -2.34. The van der Waals surface area contributed by atoms with Gasteiger partial charge in [-0.1, -0.05) is 30.3 Å². The van der Waals surface area contributed by atoms with Gasteiger partial charge in [0.05, 0.1) is 0 Å². The summed E-state index contributed by atoms with van der Waals surface area (Å²) in [5.74, 6) is 1.58. The van der Waals surface area contributed by atoms with Gasteiger partial charge in [0, 0.05) is 24.5 Å². The molecule has 0 saturated carbocycles. The number of aromatic nitrogens is 2. The second-order valence-electron chi connectivity index (χ2n) is 5.62. The molecule has 0 atom stereocenters. The Morgan fingerprint density at radius 1 is 0.950 bits per heavy atom. The lowest BCUT2D eigenvalue weighted by Gasteiger charge is -2.32. The number of hydrogen-bond donors (Lipinski definition) is 0. The molecule has 1 saturated heterocycles. The van der Waals surface area contributed by atoms with Gasteiger partial charge in [-0.05, 0) is 44.2 Å². The smallest absolute Gasteiger partial charge is 0.225 e. The number of anilines is 1. The van der Waals surface area contributed by atoms with Crippen LogP contribution in [0.1, 0.15) is 35.7 Å². The van der Waals surface area contributed by atoms with Gasteiger partial charge < -0.3 is 4.90 Å². The molecule has 0 N–H and O–H groups in total. The zero-order valence-corrected chi connectivity index (χ0v) is 12.2. The summed E-state index contributed by atoms with van der Waals surface area (Å²) < 4.78 is 0. The van der Waals surface area contributed by atoms with Crippen LogP contribution >= 0.6 is 0 Å². The van der Waals surface area contributed by atoms with Crippen molar-refractivity contribution < 1.29 is 0 Å². The van der Waals surface area contributed by atoms with E-state index in [1.165, 1.54) is 18.4 Å². The van der Waals surface area contributed by atoms with E-state index in [2.05, 4.69) is 45.2 Å². The lowest BCUT2D eigenvalue weighted by atomic mass is 9.90. The topological polar surface area (TPSA) is 29.0 Å². The van der Waals surface area contributed by atoms with Crippen molar-refractivity contribution in [1.82, 2.24) is 9.97 Å². The maximum Gasteiger partial charge on any atom is 0.225 e. The largest absolute Gasteiger partial charge is 0.341 e. The Morgan fingerprint density at radius 3 is 2.15 bits per heavy atom. The minimum Gasteiger partial charge on any atom is -0.341 e. The highest BCUT2D eigenvalue weighted by molar-refractivity contribution is 5.34. The molecule has 0 amide bonds. The molecule has 1 aliphatic heterocycles. The van der Waals surface area contributed by atoms with E-state index in [4.69, 9.17) is 0 Å². The summed E-state index contributed by atoms with van der Waals surface area (Å²) in [5, 5.41) is 0. The molecule has 0 radical (unpaired) electrons. The minimum atomic E-state index is 0.679. The average Bonchev–Trinajstić information content (AvgIpc) is 2.47. The van der Waals surface area contributed by atoms with Crippen molar-refractivity contribution in [3.63, 3.8) is 0 Å². The highest BCUT2D eigenvalue weighted by Crippen LogP contribution is 2.29. The number of rotatable bonds is 2. The first kappa shape index (κ1) is 13.1. The molecule has 0 aliphatic carbocycles. The van der Waals surface area contributed by atoms with Gasteiger partial charge in [-0.15, -0.1) is 0 Å². The molecule has 2 heterocycles. The van der Waals surface area contributed by atoms with Crippen molar-refractivity contribution in [2.24, 2.45) is 0 Å². The minimum absolute atomic E-state index is 0.679. The number of piperidine rings is 1. The molecule has 20 heavy (non-hydrogen) atoms. The van der Waals surface area contributed by atoms with E-state index in [0.717, 1.165) is 30.4 Å². The van der Waals surface area contributed by atoms with Crippen molar-refractivity contribution in [1.29, 1.82) is 0 Å². The summed E-state index contributed by atoms with van der Waals surface area (Å²) in [6.07, 6.45) is 2.36. The van der Waals surface area contributed by atoms with Crippen LogP contribution in [0.25, 0.3) is 0 Å². The second-order valence-corrected chi connectivity index (χ2v) is 5.62. The third-order valence-electron chi connectivity index (χ3n) is 4.02. The molecule has 2 aromatic rings. The summed E-state index contributed by atoms with van der Waals surface area (Å²) in [6, 6.07) is 12.9. The summed E-state index contributed by atoms with van der Waals surface area (Å²) in [7, 11) is 0. The van der Waals surface area contributed by atoms with Gasteiger partial charge in [0.25, 0.3) is 0 Å². The van der Waals surface area contributed by atoms with Crippen molar-refractivity contribution >= 4 is 5.95 Å². The first-order valence-electron chi connectivity index (χ1n) is 7.34. The molecule has 3 heteroatoms. The third kappa shape index (κ3) is 2.82. The van der Waals surface area contributed by atoms with Crippen LogP contribution in [0, 0.1) is 13.8 Å². The van der Waals surface area contributed by atoms with Gasteiger partial charge >= 0.3 is 0 Å². The Morgan fingerprint density at radius 2 is 1.55 bits per heavy atom. The predicted octanol–water partition coefficient (Wildman–Crippen LogP) is 3.48. The lowest BCUT2D eigenvalue weighted by molar-refractivity contribution is 0.499. The maximum atomic E-state index is 4.57. The Bertz CT molecular complexity index is 552. The molecule has 1 fully saturated rings. The van der Waals surface area contributed by atoms with E-state index >= 15 is 0 Å². The Kier molecular flexibility index (Phi) is 3.68. The molecule has 1 aromatic heterocycles. The maximum absolute atomic E-state index is 4.57. The molecule has 1 aliphatic rings. The van der Waals surface area contributed by atoms with Crippen molar-refractivity contribution in [2.75, 3.05) is 18.0 Å². The number of hydrogen-bond acceptors (Lipinski definition) is 3. The van der Waals surface area contributed by atoms with E-state index in [1.54, 1.807) is 0 Å². The predicted molar refractivity (Wildman–Crippen MR) is 82.1 cm³/mol. The quantitative estimate of drug-likeness (QED) is 0.834. The van der Waals surface area contributed by atoms with E-state index in [-0.39, 0.29) is 0 Å². The fraction of sp³-hybridized carbons (Fsp3) is 0.412. The SMILES string of the molecule is Cc1cc(C)nc(N2CCC(c3ccccc3)CC2)n1. The number of aryl methyl sites for hydroxylation is 2. The Balaban J connectivity index is 1.69. The van der Waals surface area contributed by atoms with Gasteiger partial charge in [-0.3, -0.25) is 0 Å². The molecule has 0 bridgehead atoms. The van der Waals surface area contributed by atoms with Gasteiger partial charge in [0.2, 0.25) is 5.95 Å². The molecule has 3 rings (SSSR count). The van der Waals surface area contributed by atoms with Crippen LogP contribution in [-0.4, -0.2) is 23.1 Å². The zero-order valence-electron chi connectivity index (χ0n) is 12.2. The monoisotopic (exact) mass is 267 g/mol. The first-order valence-corrected chi connectivity index (χ1v) is 7.34. The Labute approximate surface area is 120 Å². The van der Waals surface area contributed by atoms with E-state index in [1.807, 2.05) is 19.9 Å². The van der Waals surface area contributed by atoms with E-state index in [0.29, 0.717) is 5.92 Å². The molecular weight excluding hydrogens is 246 g/mol. The summed E-state index contributed by atoms with van der Waals surface area (Å²) in [6.45, 7) is 6.16. The Hall–Kier alpha value is -1.90. The molecule has 0 spiro atoms. The van der Waals surface area contributed by atoms with E-state index in [9.17, 15) is 0 Å².